The van der Waals surface area contributed by atoms with Gasteiger partial charge in [0.15, 0.2) is 0 Å². The van der Waals surface area contributed by atoms with Gasteiger partial charge in [-0.3, -0.25) is 10.1 Å². The highest BCUT2D eigenvalue weighted by Gasteiger charge is 2.16. The molecule has 0 aliphatic carbocycles. The lowest BCUT2D eigenvalue weighted by Crippen LogP contribution is -2.26. The van der Waals surface area contributed by atoms with Crippen LogP contribution in [-0.2, 0) is 23.7 Å². The fourth-order valence-electron chi connectivity index (χ4n) is 1.43. The van der Waals surface area contributed by atoms with E-state index in [-0.39, 0.29) is 24.7 Å². The van der Waals surface area contributed by atoms with E-state index in [1.165, 1.54) is 38.3 Å². The minimum atomic E-state index is -1.19. The molecule has 1 atom stereocenters. The molecule has 1 aromatic rings. The lowest BCUT2D eigenvalue weighted by atomic mass is 10.3. The van der Waals surface area contributed by atoms with Gasteiger partial charge >= 0.3 is 12.1 Å². The van der Waals surface area contributed by atoms with Crippen LogP contribution in [0.25, 0.3) is 0 Å². The molecule has 0 amide bonds. The van der Waals surface area contributed by atoms with Gasteiger partial charge in [-0.15, -0.1) is 0 Å². The van der Waals surface area contributed by atoms with Crippen molar-refractivity contribution in [2.75, 3.05) is 26.9 Å². The van der Waals surface area contributed by atoms with Crippen molar-refractivity contribution in [3.05, 3.63) is 34.4 Å². The lowest BCUT2D eigenvalue weighted by molar-refractivity contribution is -0.384. The van der Waals surface area contributed by atoms with Crippen LogP contribution >= 0.6 is 0 Å². The Labute approximate surface area is 137 Å². The van der Waals surface area contributed by atoms with Crippen molar-refractivity contribution in [2.24, 2.45) is 0 Å². The number of nitro groups is 1. The van der Waals surface area contributed by atoms with Gasteiger partial charge < -0.3 is 23.7 Å². The van der Waals surface area contributed by atoms with Gasteiger partial charge in [-0.25, -0.2) is 9.59 Å². The van der Waals surface area contributed by atoms with Crippen molar-refractivity contribution in [1.82, 2.24) is 0 Å². The van der Waals surface area contributed by atoms with Gasteiger partial charge in [0.05, 0.1) is 18.1 Å². The van der Waals surface area contributed by atoms with Crippen molar-refractivity contribution in [1.29, 1.82) is 0 Å². The number of rotatable bonds is 9. The minimum absolute atomic E-state index is 0.0482. The third-order valence-electron chi connectivity index (χ3n) is 2.46. The van der Waals surface area contributed by atoms with E-state index >= 15 is 0 Å². The van der Waals surface area contributed by atoms with Crippen LogP contribution in [0.2, 0.25) is 0 Å². The summed E-state index contributed by atoms with van der Waals surface area (Å²) in [5.74, 6) is -0.672. The summed E-state index contributed by atoms with van der Waals surface area (Å²) in [5, 5.41) is 10.5. The van der Waals surface area contributed by atoms with E-state index in [2.05, 4.69) is 0 Å². The first-order valence-electron chi connectivity index (χ1n) is 6.81. The maximum Gasteiger partial charge on any atom is 0.516 e. The summed E-state index contributed by atoms with van der Waals surface area (Å²) >= 11 is 0. The Morgan fingerprint density at radius 3 is 2.42 bits per heavy atom. The van der Waals surface area contributed by atoms with Crippen molar-refractivity contribution in [2.45, 2.75) is 13.2 Å². The van der Waals surface area contributed by atoms with Gasteiger partial charge in [-0.05, 0) is 12.1 Å². The molecule has 0 radical (unpaired) electrons. The zero-order chi connectivity index (χ0) is 17.9. The number of nitrogens with zero attached hydrogens (tertiary/aromatic N) is 1. The molecule has 1 aromatic carbocycles. The van der Waals surface area contributed by atoms with E-state index in [4.69, 9.17) is 23.7 Å². The fraction of sp³-hybridized carbons (Fsp3) is 0.429. The molecule has 0 N–H and O–H groups in total. The molecule has 0 saturated heterocycles. The van der Waals surface area contributed by atoms with Gasteiger partial charge in [0.2, 0.25) is 6.29 Å². The first kappa shape index (κ1) is 19.3. The molecule has 24 heavy (non-hydrogen) atoms. The molecule has 0 aromatic heterocycles. The molecule has 0 spiro atoms. The number of benzene rings is 1. The molecule has 0 aliphatic rings. The number of nitro benzene ring substituents is 1. The van der Waals surface area contributed by atoms with Crippen LogP contribution in [0.5, 0.6) is 5.75 Å². The Kier molecular flexibility index (Phi) is 8.16. The Morgan fingerprint density at radius 1 is 1.17 bits per heavy atom. The predicted molar refractivity (Wildman–Crippen MR) is 78.5 cm³/mol. The Balaban J connectivity index is 2.33. The summed E-state index contributed by atoms with van der Waals surface area (Å²) in [6.07, 6.45) is -2.31. The molecule has 10 heteroatoms. The number of carbonyl (C=O) groups excluding carboxylic acids is 2. The number of hydrogen-bond acceptors (Lipinski definition) is 9. The van der Waals surface area contributed by atoms with Crippen LogP contribution in [0, 0.1) is 10.1 Å². The van der Waals surface area contributed by atoms with Gasteiger partial charge in [0.25, 0.3) is 5.69 Å². The number of carbonyl (C=O) groups is 2. The summed E-state index contributed by atoms with van der Waals surface area (Å²) in [6.45, 7) is 1.57. The van der Waals surface area contributed by atoms with Gasteiger partial charge in [-0.2, -0.15) is 0 Å². The minimum Gasteiger partial charge on any atom is -0.424 e. The second-order valence-electron chi connectivity index (χ2n) is 4.32. The van der Waals surface area contributed by atoms with Crippen LogP contribution in [0.3, 0.4) is 0 Å². The topological polar surface area (TPSA) is 123 Å². The highest BCUT2D eigenvalue weighted by molar-refractivity contribution is 5.71. The Hall–Kier alpha value is -2.72. The van der Waals surface area contributed by atoms with Crippen LogP contribution in [0.15, 0.2) is 24.3 Å². The molecular weight excluding hydrogens is 326 g/mol. The highest BCUT2D eigenvalue weighted by atomic mass is 16.8. The number of methoxy groups -OCH3 is 1. The van der Waals surface area contributed by atoms with E-state index in [1.807, 2.05) is 0 Å². The van der Waals surface area contributed by atoms with Crippen molar-refractivity contribution in [3.63, 3.8) is 0 Å². The van der Waals surface area contributed by atoms with Gasteiger partial charge in [0, 0.05) is 26.2 Å². The van der Waals surface area contributed by atoms with E-state index in [0.717, 1.165) is 0 Å². The quantitative estimate of drug-likeness (QED) is 0.164. The fourth-order valence-corrected chi connectivity index (χ4v) is 1.43. The SMILES string of the molecule is COCCOCC(=O)OC(C)OC(=O)Oc1ccc([N+](=O)[O-])cc1. The van der Waals surface area contributed by atoms with E-state index in [1.54, 1.807) is 0 Å². The van der Waals surface area contributed by atoms with E-state index in [0.29, 0.717) is 6.61 Å². The zero-order valence-electron chi connectivity index (χ0n) is 13.1. The third-order valence-corrected chi connectivity index (χ3v) is 2.46. The maximum atomic E-state index is 11.5. The molecule has 0 heterocycles. The second-order valence-corrected chi connectivity index (χ2v) is 4.32. The molecule has 0 saturated carbocycles. The van der Waals surface area contributed by atoms with Crippen LogP contribution < -0.4 is 4.74 Å². The Morgan fingerprint density at radius 2 is 1.83 bits per heavy atom. The normalized spacial score (nSPS) is 11.4. The summed E-state index contributed by atoms with van der Waals surface area (Å²) in [4.78, 5) is 32.8. The zero-order valence-corrected chi connectivity index (χ0v) is 13.1. The standard InChI is InChI=1S/C14H17NO9/c1-10(22-13(16)9-21-8-7-20-2)23-14(17)24-12-5-3-11(4-6-12)15(18)19/h3-6,10H,7-9H2,1-2H3. The molecule has 132 valence electrons. The third kappa shape index (κ3) is 7.51. The van der Waals surface area contributed by atoms with Gasteiger partial charge in [0.1, 0.15) is 12.4 Å². The second kappa shape index (κ2) is 10.1. The number of ether oxygens (including phenoxy) is 5. The van der Waals surface area contributed by atoms with E-state index in [9.17, 15) is 19.7 Å². The van der Waals surface area contributed by atoms with Crippen molar-refractivity contribution >= 4 is 17.8 Å². The molecule has 0 aliphatic heterocycles. The smallest absolute Gasteiger partial charge is 0.424 e. The number of esters is 1. The summed E-state index contributed by atoms with van der Waals surface area (Å²) in [7, 11) is 1.49. The molecule has 0 fully saturated rings. The van der Waals surface area contributed by atoms with Crippen molar-refractivity contribution in [3.8, 4) is 5.75 Å². The molecule has 1 rings (SSSR count). The molecule has 1 unspecified atom stereocenters. The predicted octanol–water partition coefficient (Wildman–Crippen LogP) is 1.66. The first-order valence-corrected chi connectivity index (χ1v) is 6.81. The maximum absolute atomic E-state index is 11.5. The Bertz CT molecular complexity index is 558. The average Bonchev–Trinajstić information content (AvgIpc) is 2.51. The first-order chi connectivity index (χ1) is 11.4. The molecular formula is C14H17NO9. The lowest BCUT2D eigenvalue weighted by Gasteiger charge is -2.13. The monoisotopic (exact) mass is 343 g/mol. The average molecular weight is 343 g/mol. The van der Waals surface area contributed by atoms with Gasteiger partial charge in [-0.1, -0.05) is 0 Å². The van der Waals surface area contributed by atoms with Crippen LogP contribution in [0.1, 0.15) is 6.92 Å². The summed E-state index contributed by atoms with van der Waals surface area (Å²) in [6, 6.07) is 4.81. The summed E-state index contributed by atoms with van der Waals surface area (Å²) in [5.41, 5.74) is -0.147. The van der Waals surface area contributed by atoms with E-state index < -0.39 is 23.3 Å². The van der Waals surface area contributed by atoms with Crippen LogP contribution in [0.4, 0.5) is 10.5 Å². The number of hydrogen-bond donors (Lipinski definition) is 0. The molecule has 10 nitrogen and oxygen atoms in total. The largest absolute Gasteiger partial charge is 0.516 e. The molecule has 0 bridgehead atoms. The highest BCUT2D eigenvalue weighted by Crippen LogP contribution is 2.17. The summed E-state index contributed by atoms with van der Waals surface area (Å²) < 4.78 is 24.0. The van der Waals surface area contributed by atoms with Crippen molar-refractivity contribution < 1.29 is 38.2 Å². The number of non-ortho nitro benzene ring substituents is 1. The van der Waals surface area contributed by atoms with Crippen LogP contribution in [-0.4, -0.2) is 50.3 Å².